The van der Waals surface area contributed by atoms with Gasteiger partial charge in [0.2, 0.25) is 10.0 Å². The minimum atomic E-state index is -3.45. The summed E-state index contributed by atoms with van der Waals surface area (Å²) in [6.45, 7) is 10.6. The second-order valence-corrected chi connectivity index (χ2v) is 8.57. The first-order valence-electron chi connectivity index (χ1n) is 8.64. The number of nitrogens with zero attached hydrogens (tertiary/aromatic N) is 2. The molecule has 7 heteroatoms. The molecule has 1 aliphatic heterocycles. The summed E-state index contributed by atoms with van der Waals surface area (Å²) < 4.78 is 27.2. The van der Waals surface area contributed by atoms with E-state index in [2.05, 4.69) is 25.7 Å². The summed E-state index contributed by atoms with van der Waals surface area (Å²) in [4.78, 5) is 2.36. The average Bonchev–Trinajstić information content (AvgIpc) is 2.65. The van der Waals surface area contributed by atoms with Crippen molar-refractivity contribution < 1.29 is 8.42 Å². The molecule has 0 bridgehead atoms. The molecule has 0 saturated carbocycles. The molecule has 1 aromatic rings. The number of hydrogen-bond acceptors (Lipinski definition) is 3. The molecule has 1 fully saturated rings. The first-order chi connectivity index (χ1) is 11.9. The highest BCUT2D eigenvalue weighted by Crippen LogP contribution is 2.23. The van der Waals surface area contributed by atoms with E-state index in [1.54, 1.807) is 18.2 Å². The van der Waals surface area contributed by atoms with Crippen LogP contribution in [0.4, 0.5) is 0 Å². The van der Waals surface area contributed by atoms with Gasteiger partial charge < -0.3 is 10.2 Å². The molecule has 5 nitrogen and oxygen atoms in total. The number of rotatable bonds is 6. The van der Waals surface area contributed by atoms with E-state index in [4.69, 9.17) is 12.2 Å². The van der Waals surface area contributed by atoms with E-state index in [0.717, 1.165) is 6.42 Å². The van der Waals surface area contributed by atoms with Gasteiger partial charge in [-0.1, -0.05) is 32.1 Å². The molecule has 1 N–H and O–H groups in total. The van der Waals surface area contributed by atoms with Crippen LogP contribution in [-0.2, 0) is 10.0 Å². The lowest BCUT2D eigenvalue weighted by Crippen LogP contribution is -2.53. The lowest BCUT2D eigenvalue weighted by molar-refractivity contribution is 0.264. The van der Waals surface area contributed by atoms with Gasteiger partial charge in [-0.25, -0.2) is 8.42 Å². The van der Waals surface area contributed by atoms with Crippen LogP contribution in [0.3, 0.4) is 0 Å². The zero-order valence-electron chi connectivity index (χ0n) is 14.9. The quantitative estimate of drug-likeness (QED) is 0.606. The van der Waals surface area contributed by atoms with Crippen LogP contribution in [0.2, 0.25) is 0 Å². The Labute approximate surface area is 156 Å². The van der Waals surface area contributed by atoms with E-state index in [-0.39, 0.29) is 0 Å². The van der Waals surface area contributed by atoms with Crippen molar-refractivity contribution in [2.75, 3.05) is 32.7 Å². The van der Waals surface area contributed by atoms with E-state index < -0.39 is 10.0 Å². The molecule has 0 amide bonds. The molecule has 0 radical (unpaired) electrons. The minimum absolute atomic E-state index is 0.361. The van der Waals surface area contributed by atoms with Crippen LogP contribution in [0.15, 0.2) is 41.8 Å². The van der Waals surface area contributed by atoms with Crippen LogP contribution in [0.1, 0.15) is 31.7 Å². The van der Waals surface area contributed by atoms with Gasteiger partial charge in [-0.3, -0.25) is 0 Å². The zero-order chi connectivity index (χ0) is 18.4. The van der Waals surface area contributed by atoms with Crippen molar-refractivity contribution in [2.45, 2.75) is 31.1 Å². The molecule has 0 unspecified atom stereocenters. The van der Waals surface area contributed by atoms with Gasteiger partial charge in [0.15, 0.2) is 5.11 Å². The fraction of sp³-hybridized carbons (Fsp3) is 0.500. The van der Waals surface area contributed by atoms with Gasteiger partial charge in [0.05, 0.1) is 4.90 Å². The molecule has 2 rings (SSSR count). The topological polar surface area (TPSA) is 52.6 Å². The Balaban J connectivity index is 2.01. The van der Waals surface area contributed by atoms with E-state index in [1.165, 1.54) is 9.87 Å². The lowest BCUT2D eigenvalue weighted by atomic mass is 9.99. The van der Waals surface area contributed by atoms with Crippen molar-refractivity contribution in [2.24, 2.45) is 0 Å². The van der Waals surface area contributed by atoms with Crippen molar-refractivity contribution in [3.05, 3.63) is 42.5 Å². The van der Waals surface area contributed by atoms with E-state index in [9.17, 15) is 8.42 Å². The highest BCUT2D eigenvalue weighted by molar-refractivity contribution is 7.89. The second-order valence-electron chi connectivity index (χ2n) is 6.24. The molecule has 1 aromatic carbocycles. The third-order valence-corrected chi connectivity index (χ3v) is 6.94. The van der Waals surface area contributed by atoms with Crippen molar-refractivity contribution >= 4 is 27.4 Å². The molecule has 0 spiro atoms. The standard InChI is InChI=1S/C18H27N3O2S2/c1-4-10-19-18(24)20-11-13-21(14-12-20)25(22,23)17-8-6-16(7-9-17)15(3)5-2/h4,6-9,15H,1,5,10-14H2,2-3H3,(H,19,24)/t15-/m0/s1. The molecule has 1 atom stereocenters. The monoisotopic (exact) mass is 381 g/mol. The largest absolute Gasteiger partial charge is 0.359 e. The first kappa shape index (κ1) is 19.9. The van der Waals surface area contributed by atoms with Crippen LogP contribution in [0, 0.1) is 0 Å². The predicted molar refractivity (Wildman–Crippen MR) is 106 cm³/mol. The Bertz CT molecular complexity index is 694. The normalized spacial score (nSPS) is 17.1. The smallest absolute Gasteiger partial charge is 0.243 e. The van der Waals surface area contributed by atoms with Crippen LogP contribution in [-0.4, -0.2) is 55.5 Å². The first-order valence-corrected chi connectivity index (χ1v) is 10.5. The summed E-state index contributed by atoms with van der Waals surface area (Å²) in [7, 11) is -3.45. The van der Waals surface area contributed by atoms with Gasteiger partial charge in [0.1, 0.15) is 0 Å². The maximum Gasteiger partial charge on any atom is 0.243 e. The van der Waals surface area contributed by atoms with Gasteiger partial charge in [-0.2, -0.15) is 4.31 Å². The van der Waals surface area contributed by atoms with Gasteiger partial charge in [-0.15, -0.1) is 6.58 Å². The second kappa shape index (κ2) is 8.78. The van der Waals surface area contributed by atoms with Gasteiger partial charge in [0.25, 0.3) is 0 Å². The third-order valence-electron chi connectivity index (χ3n) is 4.62. The SMILES string of the molecule is C=CCNC(=S)N1CCN(S(=O)(=O)c2ccc([C@@H](C)CC)cc2)CC1. The number of sulfonamides is 1. The average molecular weight is 382 g/mol. The Kier molecular flexibility index (Phi) is 6.98. The van der Waals surface area contributed by atoms with Crippen LogP contribution in [0.5, 0.6) is 0 Å². The molecule has 25 heavy (non-hydrogen) atoms. The number of thiocarbonyl (C=S) groups is 1. The summed E-state index contributed by atoms with van der Waals surface area (Å²) in [5, 5.41) is 3.73. The number of benzene rings is 1. The van der Waals surface area contributed by atoms with Gasteiger partial charge >= 0.3 is 0 Å². The molecule has 138 valence electrons. The highest BCUT2D eigenvalue weighted by Gasteiger charge is 2.29. The van der Waals surface area contributed by atoms with E-state index in [1.807, 2.05) is 17.0 Å². The molecule has 1 aliphatic rings. The summed E-state index contributed by atoms with van der Waals surface area (Å²) >= 11 is 5.31. The lowest BCUT2D eigenvalue weighted by Gasteiger charge is -2.35. The summed E-state index contributed by atoms with van der Waals surface area (Å²) in [6, 6.07) is 7.29. The fourth-order valence-electron chi connectivity index (χ4n) is 2.76. The van der Waals surface area contributed by atoms with Crippen molar-refractivity contribution in [3.63, 3.8) is 0 Å². The number of nitrogens with one attached hydrogen (secondary N) is 1. The van der Waals surface area contributed by atoms with E-state index in [0.29, 0.717) is 48.6 Å². The number of piperazine rings is 1. The number of hydrogen-bond donors (Lipinski definition) is 1. The van der Waals surface area contributed by atoms with Crippen LogP contribution < -0.4 is 5.32 Å². The van der Waals surface area contributed by atoms with E-state index >= 15 is 0 Å². The van der Waals surface area contributed by atoms with Crippen molar-refractivity contribution in [1.29, 1.82) is 0 Å². The molecule has 0 aliphatic carbocycles. The van der Waals surface area contributed by atoms with Gasteiger partial charge in [-0.05, 0) is 42.3 Å². The van der Waals surface area contributed by atoms with Crippen molar-refractivity contribution in [3.8, 4) is 0 Å². The van der Waals surface area contributed by atoms with Crippen molar-refractivity contribution in [1.82, 2.24) is 14.5 Å². The summed E-state index contributed by atoms with van der Waals surface area (Å²) in [5.74, 6) is 0.435. The Morgan fingerprint density at radius 3 is 2.40 bits per heavy atom. The Morgan fingerprint density at radius 2 is 1.88 bits per heavy atom. The molecule has 0 aromatic heterocycles. The summed E-state index contributed by atoms with van der Waals surface area (Å²) in [6.07, 6.45) is 2.78. The van der Waals surface area contributed by atoms with Crippen LogP contribution >= 0.6 is 12.2 Å². The molecular formula is C18H27N3O2S2. The fourth-order valence-corrected chi connectivity index (χ4v) is 4.44. The maximum absolute atomic E-state index is 12.8. The summed E-state index contributed by atoms with van der Waals surface area (Å²) in [5.41, 5.74) is 1.17. The zero-order valence-corrected chi connectivity index (χ0v) is 16.6. The molecule has 1 heterocycles. The Morgan fingerprint density at radius 1 is 1.28 bits per heavy atom. The Hall–Kier alpha value is -1.44. The predicted octanol–water partition coefficient (Wildman–Crippen LogP) is 2.57. The van der Waals surface area contributed by atoms with Gasteiger partial charge in [0, 0.05) is 32.7 Å². The molecule has 1 saturated heterocycles. The third kappa shape index (κ3) is 4.80. The van der Waals surface area contributed by atoms with Crippen LogP contribution in [0.25, 0.3) is 0 Å². The molecular weight excluding hydrogens is 354 g/mol. The maximum atomic E-state index is 12.8. The minimum Gasteiger partial charge on any atom is -0.359 e. The highest BCUT2D eigenvalue weighted by atomic mass is 32.2.